The average molecular weight is 490 g/mol. The second-order valence-electron chi connectivity index (χ2n) is 8.34. The molecular formula is C24H28ClN3O4S. The molecule has 0 aliphatic carbocycles. The van der Waals surface area contributed by atoms with Crippen LogP contribution >= 0.6 is 11.6 Å². The highest BCUT2D eigenvalue weighted by Crippen LogP contribution is 2.32. The first-order chi connectivity index (χ1) is 15.6. The maximum absolute atomic E-state index is 13.3. The molecule has 3 rings (SSSR count). The quantitative estimate of drug-likeness (QED) is 0.406. The van der Waals surface area contributed by atoms with Crippen molar-refractivity contribution in [2.45, 2.75) is 51.0 Å². The van der Waals surface area contributed by atoms with Crippen molar-refractivity contribution in [3.8, 4) is 0 Å². The first kappa shape index (κ1) is 25.0. The van der Waals surface area contributed by atoms with Crippen LogP contribution in [0.1, 0.15) is 56.4 Å². The van der Waals surface area contributed by atoms with Gasteiger partial charge in [0, 0.05) is 11.9 Å². The van der Waals surface area contributed by atoms with Crippen LogP contribution < -0.4 is 5.32 Å². The molecule has 0 saturated heterocycles. The summed E-state index contributed by atoms with van der Waals surface area (Å²) in [7, 11) is -4.04. The maximum Gasteiger partial charge on any atom is 0.245 e. The monoisotopic (exact) mass is 489 g/mol. The van der Waals surface area contributed by atoms with E-state index in [-0.39, 0.29) is 28.4 Å². The molecule has 0 radical (unpaired) electrons. The van der Waals surface area contributed by atoms with E-state index in [1.165, 1.54) is 24.6 Å². The maximum atomic E-state index is 13.3. The van der Waals surface area contributed by atoms with Gasteiger partial charge in [-0.05, 0) is 47.2 Å². The molecule has 33 heavy (non-hydrogen) atoms. The van der Waals surface area contributed by atoms with E-state index >= 15 is 0 Å². The normalized spacial score (nSPS) is 12.0. The third kappa shape index (κ3) is 6.01. The van der Waals surface area contributed by atoms with Crippen LogP contribution in [-0.4, -0.2) is 30.2 Å². The second kappa shape index (κ2) is 10.5. The number of hydrogen-bond acceptors (Lipinski definition) is 5. The lowest BCUT2D eigenvalue weighted by Crippen LogP contribution is -2.37. The van der Waals surface area contributed by atoms with E-state index in [4.69, 9.17) is 16.0 Å². The number of sulfonamides is 1. The molecule has 0 saturated carbocycles. The Morgan fingerprint density at radius 2 is 1.73 bits per heavy atom. The zero-order chi connectivity index (χ0) is 24.2. The first-order valence-corrected chi connectivity index (χ1v) is 12.5. The van der Waals surface area contributed by atoms with Gasteiger partial charge in [-0.2, -0.15) is 4.31 Å². The molecule has 0 aliphatic heterocycles. The third-order valence-electron chi connectivity index (χ3n) is 5.21. The number of hydrogen-bond donors (Lipinski definition) is 1. The Morgan fingerprint density at radius 3 is 2.24 bits per heavy atom. The van der Waals surface area contributed by atoms with Crippen LogP contribution in [0, 0.1) is 0 Å². The highest BCUT2D eigenvalue weighted by atomic mass is 35.5. The van der Waals surface area contributed by atoms with Crippen molar-refractivity contribution in [2.24, 2.45) is 0 Å². The van der Waals surface area contributed by atoms with E-state index in [0.717, 1.165) is 21.1 Å². The van der Waals surface area contributed by atoms with Crippen molar-refractivity contribution in [2.75, 3.05) is 11.9 Å². The fourth-order valence-electron chi connectivity index (χ4n) is 3.50. The summed E-state index contributed by atoms with van der Waals surface area (Å²) in [6, 6.07) is 12.0. The van der Waals surface area contributed by atoms with E-state index < -0.39 is 22.5 Å². The predicted octanol–water partition coefficient (Wildman–Crippen LogP) is 5.40. The van der Waals surface area contributed by atoms with Crippen LogP contribution in [0.4, 0.5) is 5.69 Å². The van der Waals surface area contributed by atoms with Gasteiger partial charge in [0.2, 0.25) is 15.9 Å². The van der Waals surface area contributed by atoms with Gasteiger partial charge in [-0.3, -0.25) is 4.79 Å². The summed E-state index contributed by atoms with van der Waals surface area (Å²) in [5, 5.41) is 3.15. The summed E-state index contributed by atoms with van der Waals surface area (Å²) < 4.78 is 33.1. The Bertz CT molecular complexity index is 1160. The van der Waals surface area contributed by atoms with Crippen molar-refractivity contribution < 1.29 is 17.6 Å². The van der Waals surface area contributed by atoms with Gasteiger partial charge in [0.1, 0.15) is 15.8 Å². The molecule has 0 bridgehead atoms. The summed E-state index contributed by atoms with van der Waals surface area (Å²) >= 11 is 5.81. The van der Waals surface area contributed by atoms with Gasteiger partial charge in [-0.25, -0.2) is 13.4 Å². The van der Waals surface area contributed by atoms with Gasteiger partial charge in [0.25, 0.3) is 0 Å². The van der Waals surface area contributed by atoms with Crippen LogP contribution in [0.15, 0.2) is 64.2 Å². The Labute approximate surface area is 199 Å². The Kier molecular flexibility index (Phi) is 7.94. The smallest absolute Gasteiger partial charge is 0.245 e. The minimum atomic E-state index is -4.04. The number of furan rings is 1. The molecule has 0 aliphatic rings. The van der Waals surface area contributed by atoms with E-state index in [9.17, 15) is 13.2 Å². The molecule has 2 aromatic heterocycles. The van der Waals surface area contributed by atoms with Crippen LogP contribution in [0.3, 0.4) is 0 Å². The zero-order valence-electron chi connectivity index (χ0n) is 19.1. The molecule has 176 valence electrons. The molecule has 3 aromatic rings. The van der Waals surface area contributed by atoms with Crippen molar-refractivity contribution in [3.63, 3.8) is 0 Å². The lowest BCUT2D eigenvalue weighted by molar-refractivity contribution is -0.116. The molecular weight excluding hydrogens is 462 g/mol. The Hall–Kier alpha value is -2.68. The van der Waals surface area contributed by atoms with E-state index in [0.29, 0.717) is 5.76 Å². The molecule has 0 atom stereocenters. The van der Waals surface area contributed by atoms with Crippen LogP contribution in [-0.2, 0) is 21.4 Å². The van der Waals surface area contributed by atoms with Gasteiger partial charge < -0.3 is 9.73 Å². The van der Waals surface area contributed by atoms with Gasteiger partial charge >= 0.3 is 0 Å². The summed E-state index contributed by atoms with van der Waals surface area (Å²) in [5.74, 6) is 0.338. The number of anilines is 1. The van der Waals surface area contributed by atoms with Crippen LogP contribution in [0.25, 0.3) is 0 Å². The lowest BCUT2D eigenvalue weighted by Gasteiger charge is -2.23. The highest BCUT2D eigenvalue weighted by molar-refractivity contribution is 7.89. The van der Waals surface area contributed by atoms with Crippen molar-refractivity contribution in [1.29, 1.82) is 0 Å². The number of benzene rings is 1. The van der Waals surface area contributed by atoms with Crippen molar-refractivity contribution in [1.82, 2.24) is 9.29 Å². The number of nitrogens with one attached hydrogen (secondary N) is 1. The van der Waals surface area contributed by atoms with Crippen molar-refractivity contribution >= 4 is 33.2 Å². The van der Waals surface area contributed by atoms with Crippen LogP contribution in [0.5, 0.6) is 0 Å². The predicted molar refractivity (Wildman–Crippen MR) is 129 cm³/mol. The van der Waals surface area contributed by atoms with Gasteiger partial charge in [-0.15, -0.1) is 0 Å². The van der Waals surface area contributed by atoms with E-state index in [1.807, 2.05) is 18.2 Å². The lowest BCUT2D eigenvalue weighted by atomic mass is 9.92. The third-order valence-corrected chi connectivity index (χ3v) is 7.21. The Balaban J connectivity index is 1.93. The second-order valence-corrected chi connectivity index (χ2v) is 10.7. The molecule has 2 heterocycles. The van der Waals surface area contributed by atoms with Gasteiger partial charge in [-0.1, -0.05) is 57.5 Å². The van der Waals surface area contributed by atoms with Crippen molar-refractivity contribution in [3.05, 3.63) is 77.0 Å². The largest absolute Gasteiger partial charge is 0.468 e. The minimum absolute atomic E-state index is 0.0586. The number of carbonyl (C=O) groups is 1. The molecule has 9 heteroatoms. The summed E-state index contributed by atoms with van der Waals surface area (Å²) in [6.45, 7) is 7.71. The number of para-hydroxylation sites is 1. The number of nitrogens with zero attached hydrogens (tertiary/aromatic N) is 2. The standard InChI is InChI=1S/C24H28ClN3O4S/c1-16(2)20-8-5-9-21(17(3)4)24(20)27-23(29)15-28(14-18-7-6-12-32-18)33(30,31)19-10-11-22(25)26-13-19/h5-13,16-17H,14-15H2,1-4H3,(H,27,29). The molecule has 7 nitrogen and oxygen atoms in total. The fraction of sp³-hybridized carbons (Fsp3) is 0.333. The highest BCUT2D eigenvalue weighted by Gasteiger charge is 2.29. The molecule has 1 N–H and O–H groups in total. The molecule has 0 spiro atoms. The summed E-state index contributed by atoms with van der Waals surface area (Å²) in [4.78, 5) is 17.0. The number of rotatable bonds is 9. The van der Waals surface area contributed by atoms with Gasteiger partial charge in [0.15, 0.2) is 0 Å². The zero-order valence-corrected chi connectivity index (χ0v) is 20.7. The van der Waals surface area contributed by atoms with Crippen LogP contribution in [0.2, 0.25) is 5.15 Å². The molecule has 1 aromatic carbocycles. The summed E-state index contributed by atoms with van der Waals surface area (Å²) in [6.07, 6.45) is 2.63. The number of carbonyl (C=O) groups excluding carboxylic acids is 1. The van der Waals surface area contributed by atoms with E-state index in [1.54, 1.807) is 12.1 Å². The van der Waals surface area contributed by atoms with Gasteiger partial charge in [0.05, 0.1) is 19.4 Å². The number of aromatic nitrogens is 1. The first-order valence-electron chi connectivity index (χ1n) is 10.7. The number of pyridine rings is 1. The SMILES string of the molecule is CC(C)c1cccc(C(C)C)c1NC(=O)CN(Cc1ccco1)S(=O)(=O)c1ccc(Cl)nc1. The topological polar surface area (TPSA) is 92.5 Å². The number of amides is 1. The van der Waals surface area contributed by atoms with E-state index in [2.05, 4.69) is 38.0 Å². The fourth-order valence-corrected chi connectivity index (χ4v) is 4.92. The minimum Gasteiger partial charge on any atom is -0.468 e. The summed E-state index contributed by atoms with van der Waals surface area (Å²) in [5.41, 5.74) is 2.73. The average Bonchev–Trinajstić information content (AvgIpc) is 3.26. The molecule has 0 unspecified atom stereocenters. The molecule has 1 amide bonds. The number of halogens is 1. The Morgan fingerprint density at radius 1 is 1.06 bits per heavy atom. The molecule has 0 fully saturated rings.